The molecule has 0 fully saturated rings. The van der Waals surface area contributed by atoms with E-state index in [0.29, 0.717) is 6.61 Å². The van der Waals surface area contributed by atoms with E-state index >= 15 is 0 Å². The second-order valence-corrected chi connectivity index (χ2v) is 4.53. The second kappa shape index (κ2) is 11.0. The van der Waals surface area contributed by atoms with Crippen LogP contribution < -0.4 is 0 Å². The van der Waals surface area contributed by atoms with Gasteiger partial charge >= 0.3 is 0 Å². The minimum atomic E-state index is 0.359. The molecule has 0 spiro atoms. The van der Waals surface area contributed by atoms with E-state index in [0.717, 1.165) is 12.3 Å². The van der Waals surface area contributed by atoms with E-state index in [1.807, 2.05) is 0 Å². The molecule has 0 radical (unpaired) electrons. The third-order valence-electron chi connectivity index (χ3n) is 2.92. The van der Waals surface area contributed by atoms with Crippen LogP contribution in [0.5, 0.6) is 0 Å². The Labute approximate surface area is 89.9 Å². The lowest BCUT2D eigenvalue weighted by Gasteiger charge is -2.08. The van der Waals surface area contributed by atoms with Crippen LogP contribution in [0, 0.1) is 5.92 Å². The van der Waals surface area contributed by atoms with Crippen molar-refractivity contribution in [2.24, 2.45) is 5.92 Å². The first-order valence-corrected chi connectivity index (χ1v) is 6.42. The predicted molar refractivity (Wildman–Crippen MR) is 63.5 cm³/mol. The number of hydrogen-bond acceptors (Lipinski definition) is 1. The van der Waals surface area contributed by atoms with Crippen LogP contribution in [0.15, 0.2) is 0 Å². The highest BCUT2D eigenvalue weighted by molar-refractivity contribution is 4.53. The molecule has 0 unspecified atom stereocenters. The number of aliphatic hydroxyl groups is 1. The van der Waals surface area contributed by atoms with Crippen LogP contribution in [-0.4, -0.2) is 11.7 Å². The molecule has 0 saturated heterocycles. The Hall–Kier alpha value is -0.0400. The molecule has 0 rings (SSSR count). The number of unbranched alkanes of at least 4 members (excludes halogenated alkanes) is 6. The fourth-order valence-corrected chi connectivity index (χ4v) is 1.81. The summed E-state index contributed by atoms with van der Waals surface area (Å²) in [4.78, 5) is 0. The van der Waals surface area contributed by atoms with Crippen molar-refractivity contribution in [2.75, 3.05) is 6.61 Å². The summed E-state index contributed by atoms with van der Waals surface area (Å²) in [6.45, 7) is 4.86. The quantitative estimate of drug-likeness (QED) is 0.525. The minimum Gasteiger partial charge on any atom is -0.396 e. The van der Waals surface area contributed by atoms with Crippen molar-refractivity contribution in [3.63, 3.8) is 0 Å². The zero-order chi connectivity index (χ0) is 10.6. The summed E-state index contributed by atoms with van der Waals surface area (Å²) < 4.78 is 0. The van der Waals surface area contributed by atoms with Crippen LogP contribution in [0.25, 0.3) is 0 Å². The highest BCUT2D eigenvalue weighted by Gasteiger charge is 2.00. The third kappa shape index (κ3) is 10.0. The van der Waals surface area contributed by atoms with E-state index in [4.69, 9.17) is 5.11 Å². The summed E-state index contributed by atoms with van der Waals surface area (Å²) in [7, 11) is 0. The molecular formula is C13H28O. The standard InChI is InChI=1S/C13H28O/c1-3-4-5-6-7-8-9-10-13(2)11-12-14/h13-14H,3-12H2,1-2H3/t13-/m1/s1. The smallest absolute Gasteiger partial charge is 0.0433 e. The molecule has 0 aromatic rings. The molecular weight excluding hydrogens is 172 g/mol. The van der Waals surface area contributed by atoms with Gasteiger partial charge in [0.25, 0.3) is 0 Å². The van der Waals surface area contributed by atoms with Gasteiger partial charge in [-0.1, -0.05) is 65.2 Å². The normalized spacial score (nSPS) is 13.1. The summed E-state index contributed by atoms with van der Waals surface area (Å²) in [6, 6.07) is 0. The van der Waals surface area contributed by atoms with Crippen LogP contribution in [0.4, 0.5) is 0 Å². The van der Waals surface area contributed by atoms with Gasteiger partial charge in [0.2, 0.25) is 0 Å². The molecule has 0 bridgehead atoms. The van der Waals surface area contributed by atoms with E-state index in [-0.39, 0.29) is 0 Å². The average Bonchev–Trinajstić information content (AvgIpc) is 2.17. The minimum absolute atomic E-state index is 0.359. The lowest BCUT2D eigenvalue weighted by Crippen LogP contribution is -1.97. The lowest BCUT2D eigenvalue weighted by atomic mass is 9.99. The molecule has 0 aromatic heterocycles. The Morgan fingerprint density at radius 3 is 2.00 bits per heavy atom. The fourth-order valence-electron chi connectivity index (χ4n) is 1.81. The van der Waals surface area contributed by atoms with Gasteiger partial charge in [0.1, 0.15) is 0 Å². The van der Waals surface area contributed by atoms with Crippen LogP contribution in [0.2, 0.25) is 0 Å². The van der Waals surface area contributed by atoms with E-state index in [1.165, 1.54) is 51.4 Å². The molecule has 14 heavy (non-hydrogen) atoms. The van der Waals surface area contributed by atoms with Crippen molar-refractivity contribution in [1.29, 1.82) is 0 Å². The zero-order valence-electron chi connectivity index (χ0n) is 10.1. The first-order valence-electron chi connectivity index (χ1n) is 6.42. The molecule has 0 heterocycles. The molecule has 0 amide bonds. The number of rotatable bonds is 10. The Bertz CT molecular complexity index is 101. The highest BCUT2D eigenvalue weighted by atomic mass is 16.3. The topological polar surface area (TPSA) is 20.2 Å². The van der Waals surface area contributed by atoms with E-state index in [9.17, 15) is 0 Å². The maximum Gasteiger partial charge on any atom is 0.0433 e. The van der Waals surface area contributed by atoms with Crippen molar-refractivity contribution < 1.29 is 5.11 Å². The van der Waals surface area contributed by atoms with E-state index in [2.05, 4.69) is 13.8 Å². The summed E-state index contributed by atoms with van der Waals surface area (Å²) in [5.74, 6) is 0.718. The van der Waals surface area contributed by atoms with Crippen molar-refractivity contribution in [3.05, 3.63) is 0 Å². The molecule has 0 aliphatic rings. The largest absolute Gasteiger partial charge is 0.396 e. The van der Waals surface area contributed by atoms with Gasteiger partial charge in [0, 0.05) is 6.61 Å². The Morgan fingerprint density at radius 2 is 1.43 bits per heavy atom. The average molecular weight is 200 g/mol. The van der Waals surface area contributed by atoms with Crippen LogP contribution >= 0.6 is 0 Å². The third-order valence-corrected chi connectivity index (χ3v) is 2.92. The fraction of sp³-hybridized carbons (Fsp3) is 1.00. The predicted octanol–water partition coefficient (Wildman–Crippen LogP) is 4.15. The van der Waals surface area contributed by atoms with Gasteiger partial charge in [-0.25, -0.2) is 0 Å². The van der Waals surface area contributed by atoms with Crippen LogP contribution in [0.1, 0.15) is 71.6 Å². The Kier molecular flexibility index (Phi) is 11.0. The van der Waals surface area contributed by atoms with Crippen molar-refractivity contribution in [2.45, 2.75) is 71.6 Å². The Balaban J connectivity index is 2.98. The summed E-state index contributed by atoms with van der Waals surface area (Å²) in [5.41, 5.74) is 0. The van der Waals surface area contributed by atoms with E-state index < -0.39 is 0 Å². The van der Waals surface area contributed by atoms with Gasteiger partial charge in [-0.15, -0.1) is 0 Å². The molecule has 0 aromatic carbocycles. The van der Waals surface area contributed by atoms with Gasteiger partial charge in [-0.2, -0.15) is 0 Å². The van der Waals surface area contributed by atoms with Gasteiger partial charge < -0.3 is 5.11 Å². The first-order chi connectivity index (χ1) is 6.81. The maximum atomic E-state index is 8.74. The van der Waals surface area contributed by atoms with Crippen molar-refractivity contribution in [3.8, 4) is 0 Å². The molecule has 1 nitrogen and oxygen atoms in total. The molecule has 86 valence electrons. The van der Waals surface area contributed by atoms with Crippen molar-refractivity contribution in [1.82, 2.24) is 0 Å². The monoisotopic (exact) mass is 200 g/mol. The first kappa shape index (κ1) is 14.0. The molecule has 1 atom stereocenters. The van der Waals surface area contributed by atoms with Gasteiger partial charge in [-0.05, 0) is 12.3 Å². The van der Waals surface area contributed by atoms with Gasteiger partial charge in [0.15, 0.2) is 0 Å². The lowest BCUT2D eigenvalue weighted by molar-refractivity contribution is 0.256. The summed E-state index contributed by atoms with van der Waals surface area (Å²) >= 11 is 0. The number of hydrogen-bond donors (Lipinski definition) is 1. The zero-order valence-corrected chi connectivity index (χ0v) is 10.1. The maximum absolute atomic E-state index is 8.74. The molecule has 1 heteroatoms. The van der Waals surface area contributed by atoms with Gasteiger partial charge in [0.05, 0.1) is 0 Å². The van der Waals surface area contributed by atoms with E-state index in [1.54, 1.807) is 0 Å². The highest BCUT2D eigenvalue weighted by Crippen LogP contribution is 2.14. The van der Waals surface area contributed by atoms with Crippen LogP contribution in [-0.2, 0) is 0 Å². The summed E-state index contributed by atoms with van der Waals surface area (Å²) in [6.07, 6.45) is 12.0. The molecule has 0 saturated carbocycles. The van der Waals surface area contributed by atoms with Crippen LogP contribution in [0.3, 0.4) is 0 Å². The Morgan fingerprint density at radius 1 is 0.857 bits per heavy atom. The second-order valence-electron chi connectivity index (χ2n) is 4.53. The SMILES string of the molecule is CCCCCCCCC[C@@H](C)CCO. The molecule has 0 aliphatic heterocycles. The van der Waals surface area contributed by atoms with Gasteiger partial charge in [-0.3, -0.25) is 0 Å². The number of aliphatic hydroxyl groups excluding tert-OH is 1. The molecule has 1 N–H and O–H groups in total. The molecule has 0 aliphatic carbocycles. The summed E-state index contributed by atoms with van der Waals surface area (Å²) in [5, 5.41) is 8.74. The van der Waals surface area contributed by atoms with Crippen molar-refractivity contribution >= 4 is 0 Å².